The molecule has 0 aliphatic rings. The average Bonchev–Trinajstić information content (AvgIpc) is 2.86. The van der Waals surface area contributed by atoms with Gasteiger partial charge in [-0.1, -0.05) is 15.9 Å². The molecule has 3 rings (SSSR count). The van der Waals surface area contributed by atoms with Gasteiger partial charge in [0.05, 0.1) is 11.7 Å². The van der Waals surface area contributed by atoms with E-state index in [0.717, 1.165) is 33.4 Å². The van der Waals surface area contributed by atoms with Crippen LogP contribution in [0, 0.1) is 5.82 Å². The normalized spacial score (nSPS) is 11.3. The number of fused-ring (bicyclic) bond motifs is 1. The Kier molecular flexibility index (Phi) is 4.68. The molecule has 0 atom stereocenters. The fourth-order valence-corrected chi connectivity index (χ4v) is 2.80. The van der Waals surface area contributed by atoms with Gasteiger partial charge < -0.3 is 14.2 Å². The van der Waals surface area contributed by atoms with E-state index in [1.165, 1.54) is 12.1 Å². The predicted octanol–water partition coefficient (Wildman–Crippen LogP) is 4.47. The summed E-state index contributed by atoms with van der Waals surface area (Å²) in [6, 6.07) is 12.5. The van der Waals surface area contributed by atoms with Crippen molar-refractivity contribution in [1.29, 1.82) is 0 Å². The molecule has 3 aromatic rings. The van der Waals surface area contributed by atoms with E-state index in [9.17, 15) is 4.39 Å². The Morgan fingerprint density at radius 2 is 1.87 bits per heavy atom. The number of hydrogen-bond acceptors (Lipinski definition) is 2. The molecule has 5 heteroatoms. The summed E-state index contributed by atoms with van der Waals surface area (Å²) in [5, 5.41) is 1.03. The molecule has 2 aromatic carbocycles. The molecule has 1 aromatic heterocycles. The van der Waals surface area contributed by atoms with Crippen LogP contribution in [0.2, 0.25) is 0 Å². The zero-order chi connectivity index (χ0) is 16.4. The third kappa shape index (κ3) is 3.57. The lowest BCUT2D eigenvalue weighted by atomic mass is 10.2. The van der Waals surface area contributed by atoms with Gasteiger partial charge in [0.1, 0.15) is 18.2 Å². The van der Waals surface area contributed by atoms with Crippen LogP contribution >= 0.6 is 15.9 Å². The van der Waals surface area contributed by atoms with Crippen LogP contribution in [-0.2, 0) is 0 Å². The molecule has 0 aliphatic carbocycles. The third-order valence-corrected chi connectivity index (χ3v) is 4.12. The summed E-state index contributed by atoms with van der Waals surface area (Å²) in [5.41, 5.74) is 1.93. The smallest absolute Gasteiger partial charge is 0.145 e. The molecule has 23 heavy (non-hydrogen) atoms. The van der Waals surface area contributed by atoms with Gasteiger partial charge in [0.2, 0.25) is 0 Å². The molecule has 120 valence electrons. The van der Waals surface area contributed by atoms with Crippen molar-refractivity contribution in [1.82, 2.24) is 9.47 Å². The maximum atomic E-state index is 13.2. The lowest BCUT2D eigenvalue weighted by molar-refractivity contribution is 0.263. The van der Waals surface area contributed by atoms with E-state index in [1.54, 1.807) is 12.1 Å². The van der Waals surface area contributed by atoms with Crippen molar-refractivity contribution < 1.29 is 9.13 Å². The van der Waals surface area contributed by atoms with Crippen molar-refractivity contribution in [2.45, 2.75) is 0 Å². The highest BCUT2D eigenvalue weighted by atomic mass is 79.9. The van der Waals surface area contributed by atoms with Gasteiger partial charge in [0.25, 0.3) is 0 Å². The fourth-order valence-electron chi connectivity index (χ4n) is 2.44. The fraction of sp³-hybridized carbons (Fsp3) is 0.222. The lowest BCUT2D eigenvalue weighted by Crippen LogP contribution is -2.19. The number of benzene rings is 2. The molecular weight excluding hydrogens is 359 g/mol. The van der Waals surface area contributed by atoms with Gasteiger partial charge in [0, 0.05) is 22.1 Å². The monoisotopic (exact) mass is 376 g/mol. The van der Waals surface area contributed by atoms with Crippen LogP contribution in [0.1, 0.15) is 0 Å². The first-order valence-corrected chi connectivity index (χ1v) is 8.18. The number of nitrogens with zero attached hydrogens (tertiary/aromatic N) is 2. The molecule has 1 heterocycles. The van der Waals surface area contributed by atoms with Crippen LogP contribution in [-0.4, -0.2) is 36.7 Å². The summed E-state index contributed by atoms with van der Waals surface area (Å²) in [5.74, 6) is 0.586. The van der Waals surface area contributed by atoms with Crippen molar-refractivity contribution in [3.63, 3.8) is 0 Å². The number of hydrogen-bond donors (Lipinski definition) is 0. The molecule has 0 unspecified atom stereocenters. The topological polar surface area (TPSA) is 17.4 Å². The van der Waals surface area contributed by atoms with E-state index >= 15 is 0 Å². The summed E-state index contributed by atoms with van der Waals surface area (Å²) < 4.78 is 22.1. The van der Waals surface area contributed by atoms with Crippen LogP contribution in [0.25, 0.3) is 16.6 Å². The van der Waals surface area contributed by atoms with Crippen molar-refractivity contribution in [3.05, 3.63) is 59.0 Å². The molecule has 0 fully saturated rings. The van der Waals surface area contributed by atoms with Crippen LogP contribution in [0.15, 0.2) is 53.1 Å². The summed E-state index contributed by atoms with van der Waals surface area (Å²) in [7, 11) is 4.03. The Labute approximate surface area is 143 Å². The van der Waals surface area contributed by atoms with E-state index in [1.807, 2.05) is 43.1 Å². The largest absolute Gasteiger partial charge is 0.490 e. The maximum absolute atomic E-state index is 13.2. The minimum atomic E-state index is -0.240. The van der Waals surface area contributed by atoms with Crippen LogP contribution in [0.5, 0.6) is 5.75 Å². The molecule has 0 saturated carbocycles. The second-order valence-corrected chi connectivity index (χ2v) is 6.57. The van der Waals surface area contributed by atoms with Gasteiger partial charge in [-0.3, -0.25) is 0 Å². The van der Waals surface area contributed by atoms with Crippen molar-refractivity contribution >= 4 is 26.8 Å². The summed E-state index contributed by atoms with van der Waals surface area (Å²) in [6.07, 6.45) is 1.96. The summed E-state index contributed by atoms with van der Waals surface area (Å²) in [6.45, 7) is 1.46. The molecule has 0 radical (unpaired) electrons. The highest BCUT2D eigenvalue weighted by molar-refractivity contribution is 9.10. The second-order valence-electron chi connectivity index (χ2n) is 5.65. The first kappa shape index (κ1) is 16.0. The van der Waals surface area contributed by atoms with Gasteiger partial charge in [-0.2, -0.15) is 0 Å². The second kappa shape index (κ2) is 6.72. The van der Waals surface area contributed by atoms with Crippen molar-refractivity contribution in [2.75, 3.05) is 27.2 Å². The van der Waals surface area contributed by atoms with E-state index in [2.05, 4.69) is 20.8 Å². The van der Waals surface area contributed by atoms with Gasteiger partial charge in [-0.25, -0.2) is 4.39 Å². The van der Waals surface area contributed by atoms with Crippen LogP contribution in [0.3, 0.4) is 0 Å². The Bertz CT molecular complexity index is 812. The highest BCUT2D eigenvalue weighted by Gasteiger charge is 2.12. The average molecular weight is 377 g/mol. The van der Waals surface area contributed by atoms with E-state index in [4.69, 9.17) is 4.74 Å². The first-order valence-electron chi connectivity index (χ1n) is 7.38. The molecule has 0 N–H and O–H groups in total. The number of rotatable bonds is 5. The Balaban J connectivity index is 2.02. The Hall–Kier alpha value is -1.85. The van der Waals surface area contributed by atoms with Crippen molar-refractivity contribution in [3.8, 4) is 11.4 Å². The minimum absolute atomic E-state index is 0.240. The SMILES string of the molecule is CN(C)CCOc1cn(-c2ccc(F)cc2)c2ccc(Br)cc12. The van der Waals surface area contributed by atoms with Gasteiger partial charge in [-0.15, -0.1) is 0 Å². The first-order chi connectivity index (χ1) is 11.0. The van der Waals surface area contributed by atoms with E-state index in [0.29, 0.717) is 6.61 Å². The molecule has 0 saturated heterocycles. The molecule has 0 bridgehead atoms. The van der Waals surface area contributed by atoms with Gasteiger partial charge in [0.15, 0.2) is 0 Å². The number of likely N-dealkylation sites (N-methyl/N-ethyl adjacent to an activating group) is 1. The van der Waals surface area contributed by atoms with E-state index < -0.39 is 0 Å². The highest BCUT2D eigenvalue weighted by Crippen LogP contribution is 2.32. The molecule has 3 nitrogen and oxygen atoms in total. The maximum Gasteiger partial charge on any atom is 0.145 e. The predicted molar refractivity (Wildman–Crippen MR) is 95.0 cm³/mol. The molecular formula is C18H18BrFN2O. The summed E-state index contributed by atoms with van der Waals surface area (Å²) in [4.78, 5) is 2.08. The number of halogens is 2. The Morgan fingerprint density at radius 3 is 2.57 bits per heavy atom. The van der Waals surface area contributed by atoms with Gasteiger partial charge in [-0.05, 0) is 56.6 Å². The Morgan fingerprint density at radius 1 is 1.13 bits per heavy atom. The quantitative estimate of drug-likeness (QED) is 0.653. The molecule has 0 aliphatic heterocycles. The summed E-state index contributed by atoms with van der Waals surface area (Å²) >= 11 is 3.51. The number of aromatic nitrogens is 1. The zero-order valence-electron chi connectivity index (χ0n) is 13.1. The van der Waals surface area contributed by atoms with Gasteiger partial charge >= 0.3 is 0 Å². The third-order valence-electron chi connectivity index (χ3n) is 3.63. The zero-order valence-corrected chi connectivity index (χ0v) is 14.7. The number of ether oxygens (including phenoxy) is 1. The van der Waals surface area contributed by atoms with Crippen LogP contribution < -0.4 is 4.74 Å². The van der Waals surface area contributed by atoms with E-state index in [-0.39, 0.29) is 5.82 Å². The molecule has 0 amide bonds. The lowest BCUT2D eigenvalue weighted by Gasteiger charge is -2.10. The van der Waals surface area contributed by atoms with Crippen LogP contribution in [0.4, 0.5) is 4.39 Å². The molecule has 0 spiro atoms. The minimum Gasteiger partial charge on any atom is -0.490 e. The van der Waals surface area contributed by atoms with Crippen molar-refractivity contribution in [2.24, 2.45) is 0 Å². The standard InChI is InChI=1S/C18H18BrFN2O/c1-21(2)9-10-23-18-12-22(15-6-4-14(20)5-7-15)17-8-3-13(19)11-16(17)18/h3-8,11-12H,9-10H2,1-2H3.